The summed E-state index contributed by atoms with van der Waals surface area (Å²) >= 11 is 1.78. The van der Waals surface area contributed by atoms with Gasteiger partial charge >= 0.3 is 0 Å². The van der Waals surface area contributed by atoms with Crippen molar-refractivity contribution in [3.63, 3.8) is 0 Å². The fraction of sp³-hybridized carbons (Fsp3) is 0.471. The first-order valence-electron chi connectivity index (χ1n) is 7.38. The van der Waals surface area contributed by atoms with E-state index in [0.29, 0.717) is 17.2 Å². The molecule has 0 amide bonds. The number of nitrogens with two attached hydrogens (primary N) is 1. The number of dihydropyridines is 1. The third kappa shape index (κ3) is 2.64. The summed E-state index contributed by atoms with van der Waals surface area (Å²) in [6.45, 7) is 5.27. The van der Waals surface area contributed by atoms with E-state index < -0.39 is 0 Å². The minimum atomic E-state index is 0.373. The van der Waals surface area contributed by atoms with Gasteiger partial charge in [-0.15, -0.1) is 11.8 Å². The fourth-order valence-corrected chi connectivity index (χ4v) is 3.47. The first-order valence-corrected chi connectivity index (χ1v) is 8.36. The monoisotopic (exact) mass is 286 g/mol. The van der Waals surface area contributed by atoms with E-state index in [1.807, 2.05) is 0 Å². The molecule has 3 heteroatoms. The van der Waals surface area contributed by atoms with Gasteiger partial charge in [-0.1, -0.05) is 44.2 Å². The SMILES string of the molecule is CCSC1=CC(c2ccc(C3(C)CC3)cc2)CN=C1N. The molecule has 2 nitrogen and oxygen atoms in total. The summed E-state index contributed by atoms with van der Waals surface area (Å²) in [5, 5.41) is 0. The molecule has 1 unspecified atom stereocenters. The van der Waals surface area contributed by atoms with Crippen LogP contribution in [0.15, 0.2) is 40.2 Å². The summed E-state index contributed by atoms with van der Waals surface area (Å²) in [4.78, 5) is 5.62. The van der Waals surface area contributed by atoms with Crippen LogP contribution in [0.25, 0.3) is 0 Å². The minimum absolute atomic E-state index is 0.373. The Labute approximate surface area is 125 Å². The van der Waals surface area contributed by atoms with Crippen molar-refractivity contribution in [1.82, 2.24) is 0 Å². The molecule has 1 heterocycles. The topological polar surface area (TPSA) is 38.4 Å². The number of amidine groups is 1. The molecule has 1 saturated carbocycles. The summed E-state index contributed by atoms with van der Waals surface area (Å²) in [5.41, 5.74) is 9.24. The zero-order valence-electron chi connectivity index (χ0n) is 12.2. The van der Waals surface area contributed by atoms with Crippen molar-refractivity contribution in [3.8, 4) is 0 Å². The maximum Gasteiger partial charge on any atom is 0.131 e. The van der Waals surface area contributed by atoms with E-state index in [2.05, 4.69) is 49.2 Å². The van der Waals surface area contributed by atoms with Crippen LogP contribution < -0.4 is 5.73 Å². The van der Waals surface area contributed by atoms with Crippen LogP contribution in [0, 0.1) is 0 Å². The van der Waals surface area contributed by atoms with E-state index in [9.17, 15) is 0 Å². The van der Waals surface area contributed by atoms with Gasteiger partial charge in [0.25, 0.3) is 0 Å². The highest BCUT2D eigenvalue weighted by atomic mass is 32.2. The Morgan fingerprint density at radius 2 is 2.00 bits per heavy atom. The predicted molar refractivity (Wildman–Crippen MR) is 88.5 cm³/mol. The number of nitrogens with zero attached hydrogens (tertiary/aromatic N) is 1. The van der Waals surface area contributed by atoms with Crippen molar-refractivity contribution in [2.24, 2.45) is 10.7 Å². The lowest BCUT2D eigenvalue weighted by atomic mass is 9.92. The maximum atomic E-state index is 5.96. The summed E-state index contributed by atoms with van der Waals surface area (Å²) in [6, 6.07) is 9.13. The molecule has 20 heavy (non-hydrogen) atoms. The van der Waals surface area contributed by atoms with Gasteiger partial charge in [0.1, 0.15) is 5.84 Å². The van der Waals surface area contributed by atoms with Crippen LogP contribution in [0.2, 0.25) is 0 Å². The Bertz CT molecular complexity index is 553. The smallest absolute Gasteiger partial charge is 0.131 e. The van der Waals surface area contributed by atoms with Crippen LogP contribution in [0.5, 0.6) is 0 Å². The minimum Gasteiger partial charge on any atom is -0.383 e. The van der Waals surface area contributed by atoms with Crippen molar-refractivity contribution in [1.29, 1.82) is 0 Å². The standard InChI is InChI=1S/C17H22N2S/c1-3-20-15-10-13(11-19-16(15)18)12-4-6-14(7-5-12)17(2)8-9-17/h4-7,10,13H,3,8-9,11H2,1-2H3,(H2,18,19). The lowest BCUT2D eigenvalue weighted by Crippen LogP contribution is -2.20. The van der Waals surface area contributed by atoms with Crippen LogP contribution in [-0.2, 0) is 5.41 Å². The molecule has 0 radical (unpaired) electrons. The Morgan fingerprint density at radius 1 is 1.30 bits per heavy atom. The molecule has 0 aromatic heterocycles. The largest absolute Gasteiger partial charge is 0.383 e. The van der Waals surface area contributed by atoms with Crippen LogP contribution in [0.1, 0.15) is 43.7 Å². The highest BCUT2D eigenvalue weighted by molar-refractivity contribution is 8.03. The van der Waals surface area contributed by atoms with E-state index in [1.165, 1.54) is 24.0 Å². The Balaban J connectivity index is 1.79. The van der Waals surface area contributed by atoms with Gasteiger partial charge in [-0.25, -0.2) is 0 Å². The lowest BCUT2D eigenvalue weighted by Gasteiger charge is -2.19. The molecule has 1 aromatic carbocycles. The van der Waals surface area contributed by atoms with Crippen molar-refractivity contribution in [3.05, 3.63) is 46.4 Å². The van der Waals surface area contributed by atoms with Gasteiger partial charge in [0, 0.05) is 10.8 Å². The van der Waals surface area contributed by atoms with Crippen LogP contribution >= 0.6 is 11.8 Å². The molecule has 0 spiro atoms. The fourth-order valence-electron chi connectivity index (χ4n) is 2.68. The van der Waals surface area contributed by atoms with Crippen molar-refractivity contribution in [2.45, 2.75) is 38.0 Å². The number of hydrogen-bond acceptors (Lipinski definition) is 3. The second-order valence-corrected chi connectivity index (χ2v) is 7.28. The van der Waals surface area contributed by atoms with Crippen LogP contribution in [0.4, 0.5) is 0 Å². The van der Waals surface area contributed by atoms with E-state index in [0.717, 1.165) is 17.2 Å². The third-order valence-corrected chi connectivity index (χ3v) is 5.34. The van der Waals surface area contributed by atoms with Crippen LogP contribution in [-0.4, -0.2) is 18.1 Å². The lowest BCUT2D eigenvalue weighted by molar-refractivity contribution is 0.782. The normalized spacial score (nSPS) is 24.0. The summed E-state index contributed by atoms with van der Waals surface area (Å²) in [5.74, 6) is 2.11. The molecular weight excluding hydrogens is 264 g/mol. The predicted octanol–water partition coefficient (Wildman–Crippen LogP) is 3.83. The van der Waals surface area contributed by atoms with E-state index in [-0.39, 0.29) is 0 Å². The Morgan fingerprint density at radius 3 is 2.60 bits per heavy atom. The molecule has 106 valence electrons. The zero-order valence-corrected chi connectivity index (χ0v) is 13.0. The van der Waals surface area contributed by atoms with Gasteiger partial charge in [-0.3, -0.25) is 4.99 Å². The van der Waals surface area contributed by atoms with Gasteiger partial charge in [-0.2, -0.15) is 0 Å². The van der Waals surface area contributed by atoms with Gasteiger partial charge in [-0.05, 0) is 35.1 Å². The summed E-state index contributed by atoms with van der Waals surface area (Å²) in [6.07, 6.45) is 4.94. The number of benzene rings is 1. The molecule has 1 aromatic rings. The molecule has 1 aliphatic carbocycles. The van der Waals surface area contributed by atoms with Crippen molar-refractivity contribution in [2.75, 3.05) is 12.3 Å². The number of aliphatic imine (C=N–C) groups is 1. The van der Waals surface area contributed by atoms with Crippen LogP contribution in [0.3, 0.4) is 0 Å². The zero-order chi connectivity index (χ0) is 14.2. The van der Waals surface area contributed by atoms with Crippen molar-refractivity contribution >= 4 is 17.6 Å². The van der Waals surface area contributed by atoms with Gasteiger partial charge in [0.15, 0.2) is 0 Å². The number of rotatable bonds is 4. The summed E-state index contributed by atoms with van der Waals surface area (Å²) < 4.78 is 0. The molecule has 3 rings (SSSR count). The molecular formula is C17H22N2S. The first-order chi connectivity index (χ1) is 9.62. The second kappa shape index (κ2) is 5.28. The highest BCUT2D eigenvalue weighted by Crippen LogP contribution is 2.47. The second-order valence-electron chi connectivity index (χ2n) is 5.98. The number of hydrogen-bond donors (Lipinski definition) is 1. The average molecular weight is 286 g/mol. The number of thioether (sulfide) groups is 1. The molecule has 1 atom stereocenters. The van der Waals surface area contributed by atoms with E-state index in [4.69, 9.17) is 5.73 Å². The maximum absolute atomic E-state index is 5.96. The molecule has 2 N–H and O–H groups in total. The van der Waals surface area contributed by atoms with E-state index >= 15 is 0 Å². The molecule has 1 aliphatic heterocycles. The summed E-state index contributed by atoms with van der Waals surface area (Å²) in [7, 11) is 0. The highest BCUT2D eigenvalue weighted by Gasteiger charge is 2.38. The van der Waals surface area contributed by atoms with Crippen molar-refractivity contribution < 1.29 is 0 Å². The van der Waals surface area contributed by atoms with Gasteiger partial charge in [0.05, 0.1) is 6.54 Å². The molecule has 0 saturated heterocycles. The molecule has 0 bridgehead atoms. The third-order valence-electron chi connectivity index (χ3n) is 4.40. The Kier molecular flexibility index (Phi) is 3.63. The van der Waals surface area contributed by atoms with Gasteiger partial charge < -0.3 is 5.73 Å². The van der Waals surface area contributed by atoms with Gasteiger partial charge in [0.2, 0.25) is 0 Å². The first kappa shape index (κ1) is 13.7. The van der Waals surface area contributed by atoms with E-state index in [1.54, 1.807) is 11.8 Å². The Hall–Kier alpha value is -1.22. The molecule has 1 fully saturated rings. The molecule has 2 aliphatic rings. The quantitative estimate of drug-likeness (QED) is 0.913. The average Bonchev–Trinajstić information content (AvgIpc) is 3.21.